The number of hydrogen-bond donors (Lipinski definition) is 2. The van der Waals surface area contributed by atoms with Gasteiger partial charge in [0.05, 0.1) is 6.26 Å². The maximum absolute atomic E-state index is 12.9. The van der Waals surface area contributed by atoms with Crippen molar-refractivity contribution in [2.24, 2.45) is 0 Å². The SMILES string of the molecule is CC(C)(C)OC(=O)N1CCN(CCC(NC(=O)c2ccco2)C(=O)NCc2ccccc2)CC1. The first-order valence-electron chi connectivity index (χ1n) is 11.6. The lowest BCUT2D eigenvalue weighted by molar-refractivity contribution is -0.123. The van der Waals surface area contributed by atoms with E-state index in [1.807, 2.05) is 51.1 Å². The standard InChI is InChI=1S/C25H34N4O5/c1-25(2,3)34-24(32)29-15-13-28(14-16-29)12-11-20(27-23(31)21-10-7-17-33-21)22(30)26-18-19-8-5-4-6-9-19/h4-10,17,20H,11-16,18H2,1-3H3,(H,26,30)(H,27,31). The van der Waals surface area contributed by atoms with E-state index in [0.29, 0.717) is 45.7 Å². The molecule has 0 radical (unpaired) electrons. The molecule has 9 heteroatoms. The second-order valence-corrected chi connectivity index (χ2v) is 9.30. The van der Waals surface area contributed by atoms with Crippen LogP contribution in [0.4, 0.5) is 4.79 Å². The number of hydrogen-bond acceptors (Lipinski definition) is 6. The van der Waals surface area contributed by atoms with Crippen LogP contribution in [0.25, 0.3) is 0 Å². The summed E-state index contributed by atoms with van der Waals surface area (Å²) >= 11 is 0. The first kappa shape index (κ1) is 25.3. The van der Waals surface area contributed by atoms with E-state index in [9.17, 15) is 14.4 Å². The monoisotopic (exact) mass is 470 g/mol. The number of nitrogens with one attached hydrogen (secondary N) is 2. The van der Waals surface area contributed by atoms with Crippen molar-refractivity contribution >= 4 is 17.9 Å². The average Bonchev–Trinajstić information content (AvgIpc) is 3.35. The van der Waals surface area contributed by atoms with Crippen molar-refractivity contribution in [3.8, 4) is 0 Å². The van der Waals surface area contributed by atoms with Crippen molar-refractivity contribution in [2.45, 2.75) is 45.4 Å². The van der Waals surface area contributed by atoms with Gasteiger partial charge in [-0.2, -0.15) is 0 Å². The summed E-state index contributed by atoms with van der Waals surface area (Å²) in [6.45, 7) is 8.97. The van der Waals surface area contributed by atoms with Crippen molar-refractivity contribution in [2.75, 3.05) is 32.7 Å². The zero-order valence-corrected chi connectivity index (χ0v) is 20.1. The summed E-state index contributed by atoms with van der Waals surface area (Å²) in [7, 11) is 0. The molecule has 1 aliphatic rings. The topological polar surface area (TPSA) is 104 Å². The molecule has 1 saturated heterocycles. The number of benzene rings is 1. The molecule has 1 aromatic heterocycles. The van der Waals surface area contributed by atoms with Gasteiger partial charge in [0.1, 0.15) is 11.6 Å². The molecule has 9 nitrogen and oxygen atoms in total. The molecule has 2 aromatic rings. The molecule has 0 bridgehead atoms. The van der Waals surface area contributed by atoms with E-state index in [4.69, 9.17) is 9.15 Å². The lowest BCUT2D eigenvalue weighted by atomic mass is 10.1. The fraction of sp³-hybridized carbons (Fsp3) is 0.480. The second kappa shape index (κ2) is 11.7. The molecular formula is C25H34N4O5. The van der Waals surface area contributed by atoms with Crippen LogP contribution in [0.3, 0.4) is 0 Å². The van der Waals surface area contributed by atoms with E-state index in [1.165, 1.54) is 6.26 Å². The third kappa shape index (κ3) is 7.91. The van der Waals surface area contributed by atoms with Crippen molar-refractivity contribution in [3.05, 3.63) is 60.1 Å². The van der Waals surface area contributed by atoms with Crippen LogP contribution in [0.5, 0.6) is 0 Å². The predicted molar refractivity (Wildman–Crippen MR) is 127 cm³/mol. The van der Waals surface area contributed by atoms with Crippen molar-refractivity contribution in [3.63, 3.8) is 0 Å². The Kier molecular flexibility index (Phi) is 8.70. The van der Waals surface area contributed by atoms with Gasteiger partial charge in [-0.1, -0.05) is 30.3 Å². The summed E-state index contributed by atoms with van der Waals surface area (Å²) in [6.07, 6.45) is 1.54. The Labute approximate surface area is 200 Å². The highest BCUT2D eigenvalue weighted by Gasteiger charge is 2.27. The zero-order chi connectivity index (χ0) is 24.6. The highest BCUT2D eigenvalue weighted by atomic mass is 16.6. The van der Waals surface area contributed by atoms with E-state index in [2.05, 4.69) is 15.5 Å². The molecule has 0 aliphatic carbocycles. The van der Waals surface area contributed by atoms with E-state index in [1.54, 1.807) is 17.0 Å². The molecule has 2 N–H and O–H groups in total. The Morgan fingerprint density at radius 3 is 2.35 bits per heavy atom. The minimum absolute atomic E-state index is 0.159. The molecule has 1 fully saturated rings. The van der Waals surface area contributed by atoms with Gasteiger partial charge in [-0.15, -0.1) is 0 Å². The van der Waals surface area contributed by atoms with Gasteiger partial charge in [0.15, 0.2) is 5.76 Å². The number of furan rings is 1. The molecule has 184 valence electrons. The van der Waals surface area contributed by atoms with Gasteiger partial charge in [0.2, 0.25) is 5.91 Å². The van der Waals surface area contributed by atoms with Gasteiger partial charge in [0, 0.05) is 39.3 Å². The number of amides is 3. The van der Waals surface area contributed by atoms with E-state index < -0.39 is 17.6 Å². The van der Waals surface area contributed by atoms with Gasteiger partial charge in [-0.3, -0.25) is 14.5 Å². The number of piperazine rings is 1. The van der Waals surface area contributed by atoms with E-state index in [-0.39, 0.29) is 17.8 Å². The molecule has 0 spiro atoms. The van der Waals surface area contributed by atoms with Gasteiger partial charge >= 0.3 is 6.09 Å². The normalized spacial score (nSPS) is 15.4. The molecule has 34 heavy (non-hydrogen) atoms. The zero-order valence-electron chi connectivity index (χ0n) is 20.1. The summed E-state index contributed by atoms with van der Waals surface area (Å²) in [4.78, 5) is 41.6. The quantitative estimate of drug-likeness (QED) is 0.615. The molecule has 3 rings (SSSR count). The van der Waals surface area contributed by atoms with Gasteiger partial charge in [0.25, 0.3) is 5.91 Å². The molecule has 1 aliphatic heterocycles. The first-order chi connectivity index (χ1) is 16.2. The van der Waals surface area contributed by atoms with Crippen LogP contribution in [0, 0.1) is 0 Å². The summed E-state index contributed by atoms with van der Waals surface area (Å²) in [5.74, 6) is -0.525. The van der Waals surface area contributed by atoms with Gasteiger partial charge in [-0.05, 0) is 44.9 Å². The van der Waals surface area contributed by atoms with Crippen LogP contribution in [-0.2, 0) is 16.1 Å². The molecule has 1 unspecified atom stereocenters. The third-order valence-electron chi connectivity index (χ3n) is 5.43. The van der Waals surface area contributed by atoms with Crippen molar-refractivity contribution in [1.29, 1.82) is 0 Å². The second-order valence-electron chi connectivity index (χ2n) is 9.30. The predicted octanol–water partition coefficient (Wildman–Crippen LogP) is 2.64. The number of carbonyl (C=O) groups is 3. The summed E-state index contributed by atoms with van der Waals surface area (Å²) in [6, 6.07) is 12.1. The van der Waals surface area contributed by atoms with Crippen LogP contribution < -0.4 is 10.6 Å². The smallest absolute Gasteiger partial charge is 0.410 e. The van der Waals surface area contributed by atoms with E-state index >= 15 is 0 Å². The van der Waals surface area contributed by atoms with Crippen LogP contribution in [0.2, 0.25) is 0 Å². The fourth-order valence-electron chi connectivity index (χ4n) is 3.61. The number of nitrogens with zero attached hydrogens (tertiary/aromatic N) is 2. The summed E-state index contributed by atoms with van der Waals surface area (Å²) in [5, 5.41) is 5.70. The Bertz CT molecular complexity index is 932. The van der Waals surface area contributed by atoms with Crippen LogP contribution in [-0.4, -0.2) is 72.1 Å². The van der Waals surface area contributed by atoms with Gasteiger partial charge < -0.3 is 24.7 Å². The minimum Gasteiger partial charge on any atom is -0.459 e. The largest absolute Gasteiger partial charge is 0.459 e. The maximum atomic E-state index is 12.9. The molecule has 0 saturated carbocycles. The Hall–Kier alpha value is -3.33. The number of ether oxygens (including phenoxy) is 1. The Morgan fingerprint density at radius 1 is 1.03 bits per heavy atom. The Balaban J connectivity index is 1.53. The Morgan fingerprint density at radius 2 is 1.74 bits per heavy atom. The third-order valence-corrected chi connectivity index (χ3v) is 5.43. The number of carbonyl (C=O) groups excluding carboxylic acids is 3. The van der Waals surface area contributed by atoms with Crippen LogP contribution in [0.15, 0.2) is 53.1 Å². The van der Waals surface area contributed by atoms with Crippen LogP contribution in [0.1, 0.15) is 43.3 Å². The highest BCUT2D eigenvalue weighted by Crippen LogP contribution is 2.12. The van der Waals surface area contributed by atoms with Crippen LogP contribution >= 0.6 is 0 Å². The molecule has 1 atom stereocenters. The molecular weight excluding hydrogens is 436 g/mol. The van der Waals surface area contributed by atoms with Crippen molar-refractivity contribution in [1.82, 2.24) is 20.4 Å². The molecule has 3 amide bonds. The van der Waals surface area contributed by atoms with E-state index in [0.717, 1.165) is 5.56 Å². The average molecular weight is 471 g/mol. The molecule has 2 heterocycles. The minimum atomic E-state index is -0.717. The summed E-state index contributed by atoms with van der Waals surface area (Å²) < 4.78 is 10.6. The fourth-order valence-corrected chi connectivity index (χ4v) is 3.61. The highest BCUT2D eigenvalue weighted by molar-refractivity contribution is 5.95. The van der Waals surface area contributed by atoms with Gasteiger partial charge in [-0.25, -0.2) is 4.79 Å². The summed E-state index contributed by atoms with van der Waals surface area (Å²) in [5.41, 5.74) is 0.450. The molecule has 1 aromatic carbocycles. The first-order valence-corrected chi connectivity index (χ1v) is 11.6. The lowest BCUT2D eigenvalue weighted by Gasteiger charge is -2.36. The lowest BCUT2D eigenvalue weighted by Crippen LogP contribution is -2.52. The number of rotatable bonds is 8. The maximum Gasteiger partial charge on any atom is 0.410 e. The van der Waals surface area contributed by atoms with Crippen molar-refractivity contribution < 1.29 is 23.5 Å².